The van der Waals surface area contributed by atoms with Crippen LogP contribution in [0.25, 0.3) is 10.9 Å². The molecule has 0 aliphatic carbocycles. The van der Waals surface area contributed by atoms with Gasteiger partial charge < -0.3 is 24.1 Å². The van der Waals surface area contributed by atoms with Crippen LogP contribution < -0.4 is 4.74 Å². The first-order valence-electron chi connectivity index (χ1n) is 9.46. The van der Waals surface area contributed by atoms with E-state index in [0.29, 0.717) is 18.8 Å². The molecule has 0 bridgehead atoms. The Morgan fingerprint density at radius 1 is 1.03 bits per heavy atom. The Labute approximate surface area is 174 Å². The first kappa shape index (κ1) is 21.0. The van der Waals surface area contributed by atoms with Gasteiger partial charge in [0.15, 0.2) is 0 Å². The predicted octanol–water partition coefficient (Wildman–Crippen LogP) is 4.16. The molecule has 0 aliphatic heterocycles. The third-order valence-corrected chi connectivity index (χ3v) is 4.54. The van der Waals surface area contributed by atoms with E-state index in [2.05, 4.69) is 9.72 Å². The van der Waals surface area contributed by atoms with E-state index in [-0.39, 0.29) is 12.5 Å². The van der Waals surface area contributed by atoms with Gasteiger partial charge in [-0.3, -0.25) is 4.79 Å². The Morgan fingerprint density at radius 2 is 1.80 bits per heavy atom. The van der Waals surface area contributed by atoms with Gasteiger partial charge in [0.2, 0.25) is 0 Å². The van der Waals surface area contributed by atoms with Crippen molar-refractivity contribution >= 4 is 23.0 Å². The minimum absolute atomic E-state index is 0.0730. The lowest BCUT2D eigenvalue weighted by Crippen LogP contribution is -2.31. The second-order valence-corrected chi connectivity index (χ2v) is 6.54. The molecule has 1 N–H and O–H groups in total. The topological polar surface area (TPSA) is 80.9 Å². The summed E-state index contributed by atoms with van der Waals surface area (Å²) in [5, 5.41) is 0.979. The highest BCUT2D eigenvalue weighted by molar-refractivity contribution is 5.98. The number of carbonyl (C=O) groups is 2. The number of para-hydroxylation sites is 1. The Bertz CT molecular complexity index is 991. The summed E-state index contributed by atoms with van der Waals surface area (Å²) < 4.78 is 14.5. The van der Waals surface area contributed by atoms with Crippen molar-refractivity contribution in [3.8, 4) is 5.75 Å². The summed E-state index contributed by atoms with van der Waals surface area (Å²) in [6.07, 6.45) is 2.72. The third kappa shape index (κ3) is 5.41. The molecular formula is C23H24N2O5. The second kappa shape index (κ2) is 10.2. The standard InChI is InChI=1S/C23H24N2O5/c1-28-19-11-9-17(10-12-19)16-25(13-5-6-14-30-23(27)29-2)22(26)21-15-18-7-3-4-8-20(18)24-21/h3-12,15,24H,13-14,16H2,1-2H3/b6-5+. The van der Waals surface area contributed by atoms with Crippen LogP contribution in [0.2, 0.25) is 0 Å². The molecule has 1 heterocycles. The number of amides is 1. The number of hydrogen-bond donors (Lipinski definition) is 1. The highest BCUT2D eigenvalue weighted by Gasteiger charge is 2.17. The van der Waals surface area contributed by atoms with E-state index in [1.165, 1.54) is 7.11 Å². The lowest BCUT2D eigenvalue weighted by atomic mass is 10.2. The first-order chi connectivity index (χ1) is 14.6. The lowest BCUT2D eigenvalue weighted by molar-refractivity contribution is 0.0751. The number of H-pyrrole nitrogens is 1. The van der Waals surface area contributed by atoms with Gasteiger partial charge in [-0.05, 0) is 35.9 Å². The number of carbonyl (C=O) groups excluding carboxylic acids is 2. The summed E-state index contributed by atoms with van der Waals surface area (Å²) in [5.74, 6) is 0.632. The molecule has 156 valence electrons. The molecule has 7 nitrogen and oxygen atoms in total. The van der Waals surface area contributed by atoms with E-state index < -0.39 is 6.16 Å². The molecule has 7 heteroatoms. The van der Waals surface area contributed by atoms with Crippen LogP contribution in [-0.4, -0.2) is 49.3 Å². The minimum Gasteiger partial charge on any atom is -0.497 e. The fourth-order valence-electron chi connectivity index (χ4n) is 2.97. The molecule has 0 aliphatic rings. The maximum Gasteiger partial charge on any atom is 0.508 e. The zero-order valence-corrected chi connectivity index (χ0v) is 17.0. The fraction of sp³-hybridized carbons (Fsp3) is 0.217. The van der Waals surface area contributed by atoms with Gasteiger partial charge in [-0.15, -0.1) is 0 Å². The van der Waals surface area contributed by atoms with E-state index in [1.807, 2.05) is 54.6 Å². The highest BCUT2D eigenvalue weighted by Crippen LogP contribution is 2.18. The van der Waals surface area contributed by atoms with Gasteiger partial charge in [0.25, 0.3) is 5.91 Å². The average molecular weight is 408 g/mol. The van der Waals surface area contributed by atoms with Gasteiger partial charge in [-0.25, -0.2) is 4.79 Å². The molecule has 3 rings (SSSR count). The van der Waals surface area contributed by atoms with Crippen molar-refractivity contribution < 1.29 is 23.8 Å². The van der Waals surface area contributed by atoms with Gasteiger partial charge >= 0.3 is 6.16 Å². The molecule has 30 heavy (non-hydrogen) atoms. The third-order valence-electron chi connectivity index (χ3n) is 4.54. The normalized spacial score (nSPS) is 10.9. The summed E-state index contributed by atoms with van der Waals surface area (Å²) in [6.45, 7) is 0.842. The van der Waals surface area contributed by atoms with Crippen LogP contribution in [-0.2, 0) is 16.0 Å². The van der Waals surface area contributed by atoms with Crippen molar-refractivity contribution in [1.82, 2.24) is 9.88 Å². The van der Waals surface area contributed by atoms with Crippen molar-refractivity contribution in [2.75, 3.05) is 27.4 Å². The number of hydrogen-bond acceptors (Lipinski definition) is 5. The molecule has 1 amide bonds. The smallest absolute Gasteiger partial charge is 0.497 e. The predicted molar refractivity (Wildman–Crippen MR) is 114 cm³/mol. The summed E-state index contributed by atoms with van der Waals surface area (Å²) in [6, 6.07) is 17.2. The number of methoxy groups -OCH3 is 2. The van der Waals surface area contributed by atoms with Crippen molar-refractivity contribution in [3.05, 3.63) is 78.0 Å². The van der Waals surface area contributed by atoms with Crippen molar-refractivity contribution in [3.63, 3.8) is 0 Å². The number of aromatic nitrogens is 1. The van der Waals surface area contributed by atoms with Crippen LogP contribution in [0.15, 0.2) is 66.7 Å². The lowest BCUT2D eigenvalue weighted by Gasteiger charge is -2.21. The zero-order valence-electron chi connectivity index (χ0n) is 17.0. The molecule has 3 aromatic rings. The Hall–Kier alpha value is -3.74. The van der Waals surface area contributed by atoms with E-state index in [9.17, 15) is 9.59 Å². The molecular weight excluding hydrogens is 384 g/mol. The van der Waals surface area contributed by atoms with E-state index in [4.69, 9.17) is 9.47 Å². The van der Waals surface area contributed by atoms with Gasteiger partial charge in [-0.1, -0.05) is 36.4 Å². The van der Waals surface area contributed by atoms with Crippen LogP contribution in [0, 0.1) is 0 Å². The number of nitrogens with zero attached hydrogens (tertiary/aromatic N) is 1. The highest BCUT2D eigenvalue weighted by atomic mass is 16.7. The number of fused-ring (bicyclic) bond motifs is 1. The van der Waals surface area contributed by atoms with Gasteiger partial charge in [0, 0.05) is 24.0 Å². The Morgan fingerprint density at radius 3 is 2.50 bits per heavy atom. The molecule has 0 atom stereocenters. The maximum atomic E-state index is 13.2. The summed E-state index contributed by atoms with van der Waals surface area (Å²) in [4.78, 5) is 29.1. The van der Waals surface area contributed by atoms with Crippen LogP contribution in [0.1, 0.15) is 16.1 Å². The number of nitrogens with one attached hydrogen (secondary N) is 1. The molecule has 0 fully saturated rings. The second-order valence-electron chi connectivity index (χ2n) is 6.54. The number of benzene rings is 2. The Balaban J connectivity index is 1.75. The van der Waals surface area contributed by atoms with E-state index in [0.717, 1.165) is 22.2 Å². The summed E-state index contributed by atoms with van der Waals surface area (Å²) in [7, 11) is 2.86. The van der Waals surface area contributed by atoms with Gasteiger partial charge in [-0.2, -0.15) is 0 Å². The number of ether oxygens (including phenoxy) is 3. The monoisotopic (exact) mass is 408 g/mol. The summed E-state index contributed by atoms with van der Waals surface area (Å²) in [5.41, 5.74) is 2.40. The SMILES string of the molecule is COC(=O)OC/C=C/CN(Cc1ccc(OC)cc1)C(=O)c1cc2ccccc2[nH]1. The number of rotatable bonds is 8. The molecule has 0 radical (unpaired) electrons. The largest absolute Gasteiger partial charge is 0.508 e. The average Bonchev–Trinajstić information content (AvgIpc) is 3.22. The van der Waals surface area contributed by atoms with E-state index in [1.54, 1.807) is 24.2 Å². The van der Waals surface area contributed by atoms with Gasteiger partial charge in [0.1, 0.15) is 18.1 Å². The quantitative estimate of drug-likeness (QED) is 0.447. The van der Waals surface area contributed by atoms with Crippen LogP contribution in [0.5, 0.6) is 5.75 Å². The van der Waals surface area contributed by atoms with E-state index >= 15 is 0 Å². The zero-order chi connectivity index (χ0) is 21.3. The first-order valence-corrected chi connectivity index (χ1v) is 9.46. The van der Waals surface area contributed by atoms with Crippen LogP contribution in [0.3, 0.4) is 0 Å². The van der Waals surface area contributed by atoms with Crippen LogP contribution in [0.4, 0.5) is 4.79 Å². The molecule has 1 aromatic heterocycles. The van der Waals surface area contributed by atoms with Crippen LogP contribution >= 0.6 is 0 Å². The fourth-order valence-corrected chi connectivity index (χ4v) is 2.97. The summed E-state index contributed by atoms with van der Waals surface area (Å²) >= 11 is 0. The molecule has 0 spiro atoms. The minimum atomic E-state index is -0.746. The molecule has 0 unspecified atom stereocenters. The number of aromatic amines is 1. The van der Waals surface area contributed by atoms with Crippen molar-refractivity contribution in [2.45, 2.75) is 6.54 Å². The van der Waals surface area contributed by atoms with Gasteiger partial charge in [0.05, 0.1) is 14.2 Å². The molecule has 2 aromatic carbocycles. The van der Waals surface area contributed by atoms with Crippen molar-refractivity contribution in [1.29, 1.82) is 0 Å². The molecule has 0 saturated carbocycles. The maximum absolute atomic E-state index is 13.2. The Kier molecular flexibility index (Phi) is 7.10. The van der Waals surface area contributed by atoms with Crippen molar-refractivity contribution in [2.24, 2.45) is 0 Å². The molecule has 0 saturated heterocycles.